The van der Waals surface area contributed by atoms with Gasteiger partial charge in [0.2, 0.25) is 5.78 Å². The van der Waals surface area contributed by atoms with Crippen molar-refractivity contribution >= 4 is 23.1 Å². The van der Waals surface area contributed by atoms with Gasteiger partial charge < -0.3 is 19.5 Å². The van der Waals surface area contributed by atoms with Crippen molar-refractivity contribution in [3.63, 3.8) is 0 Å². The lowest BCUT2D eigenvalue weighted by Gasteiger charge is -2.35. The number of rotatable bonds is 9. The second-order valence-corrected chi connectivity index (χ2v) is 11.4. The second-order valence-electron chi connectivity index (χ2n) is 11.4. The van der Waals surface area contributed by atoms with Crippen molar-refractivity contribution in [1.29, 1.82) is 0 Å². The van der Waals surface area contributed by atoms with Crippen LogP contribution in [0.25, 0.3) is 11.4 Å². The van der Waals surface area contributed by atoms with Crippen LogP contribution in [0.3, 0.4) is 0 Å². The van der Waals surface area contributed by atoms with Crippen molar-refractivity contribution in [2.75, 3.05) is 31.1 Å². The first-order chi connectivity index (χ1) is 23.5. The fraction of sp³-hybridized carbons (Fsp3) is 0.171. The van der Waals surface area contributed by atoms with Gasteiger partial charge in [0.15, 0.2) is 11.6 Å². The molecule has 1 N–H and O–H groups in total. The molecule has 0 unspecified atom stereocenters. The van der Waals surface area contributed by atoms with Crippen molar-refractivity contribution in [2.24, 2.45) is 0 Å². The first-order valence-electron chi connectivity index (χ1n) is 15.1. The number of anilines is 1. The number of carbonyl (C=O) groups excluding carboxylic acids is 2. The zero-order valence-electron chi connectivity index (χ0n) is 25.8. The summed E-state index contributed by atoms with van der Waals surface area (Å²) in [5.41, 5.74) is 0.651. The van der Waals surface area contributed by atoms with E-state index in [9.17, 15) is 37.1 Å². The molecule has 0 radical (unpaired) electrons. The highest BCUT2D eigenvalue weighted by Gasteiger charge is 2.26. The molecule has 10 nitrogen and oxygen atoms in total. The van der Waals surface area contributed by atoms with E-state index in [1.165, 1.54) is 35.6 Å². The molecule has 14 heteroatoms. The van der Waals surface area contributed by atoms with Gasteiger partial charge in [-0.2, -0.15) is 5.10 Å². The van der Waals surface area contributed by atoms with Crippen LogP contribution in [0.1, 0.15) is 22.3 Å². The third kappa shape index (κ3) is 7.43. The number of ketones is 1. The Bertz CT molecular complexity index is 2110. The topological polar surface area (TPSA) is 114 Å². The molecule has 2 aromatic heterocycles. The minimum Gasteiger partial charge on any atom is -0.507 e. The summed E-state index contributed by atoms with van der Waals surface area (Å²) >= 11 is 0. The van der Waals surface area contributed by atoms with Crippen molar-refractivity contribution in [3.8, 4) is 5.69 Å². The minimum atomic E-state index is -1.41. The summed E-state index contributed by atoms with van der Waals surface area (Å²) in [5.74, 6) is -7.09. The number of aliphatic hydroxyl groups excluding tert-OH is 1. The second kappa shape index (κ2) is 14.0. The zero-order valence-corrected chi connectivity index (χ0v) is 25.8. The molecule has 0 bridgehead atoms. The molecule has 3 aromatic carbocycles. The maximum Gasteiger partial charge on any atom is 0.294 e. The Hall–Kier alpha value is -6.05. The van der Waals surface area contributed by atoms with Crippen LogP contribution in [-0.4, -0.2) is 67.2 Å². The number of aromatic nitrogens is 4. The summed E-state index contributed by atoms with van der Waals surface area (Å²) in [6.45, 7) is 1.11. The Kier molecular flexibility index (Phi) is 9.38. The fourth-order valence-electron chi connectivity index (χ4n) is 5.63. The fourth-order valence-corrected chi connectivity index (χ4v) is 5.63. The highest BCUT2D eigenvalue weighted by atomic mass is 19.2. The summed E-state index contributed by atoms with van der Waals surface area (Å²) in [6, 6.07) is 15.3. The Morgan fingerprint density at radius 2 is 1.59 bits per heavy atom. The lowest BCUT2D eigenvalue weighted by molar-refractivity contribution is -0.142. The van der Waals surface area contributed by atoms with Crippen LogP contribution in [0.15, 0.2) is 96.5 Å². The third-order valence-electron chi connectivity index (χ3n) is 8.07. The smallest absolute Gasteiger partial charge is 0.294 e. The standard InChI is InChI=1S/C35H28F4N6O4/c36-25-3-1-2-22(13-25)18-44-19-23(12-24-15-26(37)16-30(38)33(24)39)14-29(34(44)48)31(46)17-32(47)35(49)43-10-8-42(9-11-43)27-4-6-28(7-5-27)45-21-40-20-41-45/h1-7,13-17,19-21,46H,8-12,18H2/b31-17+. The van der Waals surface area contributed by atoms with E-state index in [2.05, 4.69) is 10.1 Å². The number of hydrogen-bond donors (Lipinski definition) is 1. The maximum atomic E-state index is 14.5. The molecule has 1 aliphatic rings. The molecule has 1 amide bonds. The summed E-state index contributed by atoms with van der Waals surface area (Å²) < 4.78 is 58.9. The lowest BCUT2D eigenvalue weighted by atomic mass is 10.0. The predicted molar refractivity (Wildman–Crippen MR) is 171 cm³/mol. The average Bonchev–Trinajstić information content (AvgIpc) is 3.63. The molecule has 6 rings (SSSR count). The quantitative estimate of drug-likeness (QED) is 0.0810. The van der Waals surface area contributed by atoms with Crippen LogP contribution in [0.2, 0.25) is 0 Å². The van der Waals surface area contributed by atoms with E-state index in [0.29, 0.717) is 30.8 Å². The monoisotopic (exact) mass is 672 g/mol. The number of benzene rings is 3. The molecular formula is C35H28F4N6O4. The van der Waals surface area contributed by atoms with Gasteiger partial charge in [0.1, 0.15) is 30.0 Å². The summed E-state index contributed by atoms with van der Waals surface area (Å²) in [5, 5.41) is 15.0. The number of aliphatic hydroxyl groups is 1. The van der Waals surface area contributed by atoms with E-state index in [4.69, 9.17) is 0 Å². The Morgan fingerprint density at radius 3 is 2.29 bits per heavy atom. The van der Waals surface area contributed by atoms with Gasteiger partial charge in [0.05, 0.1) is 17.8 Å². The lowest BCUT2D eigenvalue weighted by Crippen LogP contribution is -2.50. The van der Waals surface area contributed by atoms with Crippen molar-refractivity contribution < 1.29 is 32.3 Å². The van der Waals surface area contributed by atoms with Crippen LogP contribution in [0, 0.1) is 23.3 Å². The largest absolute Gasteiger partial charge is 0.507 e. The summed E-state index contributed by atoms with van der Waals surface area (Å²) in [6.07, 6.45) is 4.53. The highest BCUT2D eigenvalue weighted by Crippen LogP contribution is 2.21. The van der Waals surface area contributed by atoms with Crippen molar-refractivity contribution in [1.82, 2.24) is 24.2 Å². The number of nitrogens with zero attached hydrogens (tertiary/aromatic N) is 6. The van der Waals surface area contributed by atoms with Gasteiger partial charge in [-0.1, -0.05) is 12.1 Å². The maximum absolute atomic E-state index is 14.5. The normalized spacial score (nSPS) is 13.5. The number of amides is 1. The molecule has 1 saturated heterocycles. The first kappa shape index (κ1) is 32.9. The molecule has 3 heterocycles. The van der Waals surface area contributed by atoms with E-state index in [-0.39, 0.29) is 30.8 Å². The SMILES string of the molecule is O=C(/C=C(/O)c1cc(Cc2cc(F)cc(F)c2F)cn(Cc2cccc(F)c2)c1=O)C(=O)N1CCN(c2ccc(-n3cncn3)cc2)CC1. The van der Waals surface area contributed by atoms with Gasteiger partial charge in [-0.15, -0.1) is 0 Å². The average molecular weight is 673 g/mol. The predicted octanol–water partition coefficient (Wildman–Crippen LogP) is 4.44. The number of halogens is 4. The van der Waals surface area contributed by atoms with E-state index >= 15 is 0 Å². The van der Waals surface area contributed by atoms with Gasteiger partial charge in [-0.3, -0.25) is 14.4 Å². The highest BCUT2D eigenvalue weighted by molar-refractivity contribution is 6.41. The number of carbonyl (C=O) groups is 2. The first-order valence-corrected chi connectivity index (χ1v) is 15.1. The van der Waals surface area contributed by atoms with E-state index in [0.717, 1.165) is 28.1 Å². The van der Waals surface area contributed by atoms with Crippen LogP contribution >= 0.6 is 0 Å². The molecule has 250 valence electrons. The summed E-state index contributed by atoms with van der Waals surface area (Å²) in [7, 11) is 0. The Balaban J connectivity index is 1.20. The van der Waals surface area contributed by atoms with Gasteiger partial charge in [0, 0.05) is 56.6 Å². The van der Waals surface area contributed by atoms with Gasteiger partial charge in [0.25, 0.3) is 11.5 Å². The van der Waals surface area contributed by atoms with E-state index in [1.807, 2.05) is 29.2 Å². The third-order valence-corrected chi connectivity index (χ3v) is 8.07. The van der Waals surface area contributed by atoms with Crippen molar-refractivity contribution in [3.05, 3.63) is 148 Å². The van der Waals surface area contributed by atoms with Crippen molar-refractivity contribution in [2.45, 2.75) is 13.0 Å². The molecular weight excluding hydrogens is 644 g/mol. The van der Waals surface area contributed by atoms with E-state index < -0.39 is 58.3 Å². The van der Waals surface area contributed by atoms with Gasteiger partial charge in [-0.25, -0.2) is 27.2 Å². The van der Waals surface area contributed by atoms with Crippen LogP contribution < -0.4 is 10.5 Å². The Labute approximate surface area is 276 Å². The molecule has 0 aliphatic carbocycles. The molecule has 5 aromatic rings. The Morgan fingerprint density at radius 1 is 0.857 bits per heavy atom. The van der Waals surface area contributed by atoms with Crippen LogP contribution in [0.4, 0.5) is 23.2 Å². The van der Waals surface area contributed by atoms with Gasteiger partial charge in [-0.05, 0) is 65.2 Å². The van der Waals surface area contributed by atoms with Crippen LogP contribution in [-0.2, 0) is 22.6 Å². The number of piperazine rings is 1. The summed E-state index contributed by atoms with van der Waals surface area (Å²) in [4.78, 5) is 46.8. The number of pyridine rings is 1. The van der Waals surface area contributed by atoms with Gasteiger partial charge >= 0.3 is 0 Å². The van der Waals surface area contributed by atoms with Crippen LogP contribution in [0.5, 0.6) is 0 Å². The molecule has 1 fully saturated rings. The molecule has 0 atom stereocenters. The zero-order chi connectivity index (χ0) is 34.7. The molecule has 0 spiro atoms. The molecule has 1 aliphatic heterocycles. The molecule has 49 heavy (non-hydrogen) atoms. The van der Waals surface area contributed by atoms with E-state index in [1.54, 1.807) is 17.1 Å². The minimum absolute atomic E-state index is 0.138. The molecule has 0 saturated carbocycles. The number of hydrogen-bond acceptors (Lipinski definition) is 7.